The van der Waals surface area contributed by atoms with Gasteiger partial charge in [-0.2, -0.15) is 0 Å². The highest BCUT2D eigenvalue weighted by Crippen LogP contribution is 2.26. The van der Waals surface area contributed by atoms with Crippen molar-refractivity contribution in [2.45, 2.75) is 38.5 Å². The molecule has 2 heteroatoms. The highest BCUT2D eigenvalue weighted by atomic mass is 16.5. The third kappa shape index (κ3) is 4.06. The monoisotopic (exact) mass is 225 g/mol. The van der Waals surface area contributed by atoms with Crippen molar-refractivity contribution in [1.29, 1.82) is 0 Å². The van der Waals surface area contributed by atoms with Crippen molar-refractivity contribution < 1.29 is 9.47 Å². The SMILES string of the molecule is [CH2]C(CCCC1CCOC1)CC1CCOC1. The highest BCUT2D eigenvalue weighted by molar-refractivity contribution is 4.72. The van der Waals surface area contributed by atoms with E-state index in [1.54, 1.807) is 0 Å². The largest absolute Gasteiger partial charge is 0.381 e. The van der Waals surface area contributed by atoms with Crippen molar-refractivity contribution in [3.8, 4) is 0 Å². The first-order chi connectivity index (χ1) is 7.84. The van der Waals surface area contributed by atoms with Gasteiger partial charge in [-0.15, -0.1) is 0 Å². The molecule has 0 aliphatic carbocycles. The van der Waals surface area contributed by atoms with E-state index in [9.17, 15) is 0 Å². The summed E-state index contributed by atoms with van der Waals surface area (Å²) in [5, 5.41) is 0. The van der Waals surface area contributed by atoms with E-state index in [-0.39, 0.29) is 0 Å². The Labute approximate surface area is 99.7 Å². The minimum Gasteiger partial charge on any atom is -0.381 e. The molecular weight excluding hydrogens is 200 g/mol. The smallest absolute Gasteiger partial charge is 0.0495 e. The van der Waals surface area contributed by atoms with Gasteiger partial charge in [-0.25, -0.2) is 0 Å². The minimum absolute atomic E-state index is 0.633. The second kappa shape index (κ2) is 6.61. The molecule has 0 spiro atoms. The topological polar surface area (TPSA) is 18.5 Å². The van der Waals surface area contributed by atoms with E-state index < -0.39 is 0 Å². The van der Waals surface area contributed by atoms with Gasteiger partial charge in [-0.05, 0) is 43.4 Å². The number of rotatable bonds is 6. The van der Waals surface area contributed by atoms with Crippen LogP contribution in [0.5, 0.6) is 0 Å². The Hall–Kier alpha value is -0.0800. The van der Waals surface area contributed by atoms with Crippen molar-refractivity contribution in [3.63, 3.8) is 0 Å². The lowest BCUT2D eigenvalue weighted by molar-refractivity contribution is 0.179. The molecule has 2 nitrogen and oxygen atoms in total. The molecule has 0 aromatic carbocycles. The molecule has 3 unspecified atom stereocenters. The molecule has 0 aromatic heterocycles. The molecule has 0 aromatic rings. The van der Waals surface area contributed by atoms with Gasteiger partial charge in [0.05, 0.1) is 0 Å². The molecule has 2 aliphatic heterocycles. The first-order valence-corrected chi connectivity index (χ1v) is 6.83. The lowest BCUT2D eigenvalue weighted by atomic mass is 9.90. The minimum atomic E-state index is 0.633. The van der Waals surface area contributed by atoms with Crippen molar-refractivity contribution in [2.75, 3.05) is 26.4 Å². The zero-order chi connectivity index (χ0) is 11.2. The van der Waals surface area contributed by atoms with Crippen LogP contribution in [-0.4, -0.2) is 26.4 Å². The van der Waals surface area contributed by atoms with Crippen LogP contribution in [0.1, 0.15) is 38.5 Å². The van der Waals surface area contributed by atoms with Crippen LogP contribution >= 0.6 is 0 Å². The Morgan fingerprint density at radius 1 is 1.06 bits per heavy atom. The summed E-state index contributed by atoms with van der Waals surface area (Å²) < 4.78 is 10.8. The number of hydrogen-bond acceptors (Lipinski definition) is 2. The normalized spacial score (nSPS) is 32.1. The van der Waals surface area contributed by atoms with Gasteiger partial charge in [-0.1, -0.05) is 19.8 Å². The second-order valence-electron chi connectivity index (χ2n) is 5.49. The van der Waals surface area contributed by atoms with E-state index in [1.807, 2.05) is 0 Å². The van der Waals surface area contributed by atoms with E-state index in [1.165, 1.54) is 38.5 Å². The fourth-order valence-electron chi connectivity index (χ4n) is 2.86. The van der Waals surface area contributed by atoms with Crippen LogP contribution in [0.4, 0.5) is 0 Å². The molecule has 0 bridgehead atoms. The molecule has 0 saturated carbocycles. The average Bonchev–Trinajstić information content (AvgIpc) is 2.90. The van der Waals surface area contributed by atoms with Crippen LogP contribution in [0.2, 0.25) is 0 Å². The van der Waals surface area contributed by atoms with Gasteiger partial charge in [0.15, 0.2) is 0 Å². The fourth-order valence-corrected chi connectivity index (χ4v) is 2.86. The summed E-state index contributed by atoms with van der Waals surface area (Å²) in [4.78, 5) is 0. The van der Waals surface area contributed by atoms with Gasteiger partial charge in [0.25, 0.3) is 0 Å². The molecule has 93 valence electrons. The molecule has 2 saturated heterocycles. The Bertz CT molecular complexity index is 181. The van der Waals surface area contributed by atoms with Crippen LogP contribution in [-0.2, 0) is 9.47 Å². The molecular formula is C14H25O2. The maximum Gasteiger partial charge on any atom is 0.0495 e. The quantitative estimate of drug-likeness (QED) is 0.691. The molecule has 16 heavy (non-hydrogen) atoms. The molecule has 2 heterocycles. The van der Waals surface area contributed by atoms with Gasteiger partial charge < -0.3 is 9.47 Å². The summed E-state index contributed by atoms with van der Waals surface area (Å²) in [7, 11) is 0. The Kier molecular flexibility index (Phi) is 5.11. The Morgan fingerprint density at radius 2 is 1.75 bits per heavy atom. The van der Waals surface area contributed by atoms with Gasteiger partial charge in [-0.3, -0.25) is 0 Å². The Morgan fingerprint density at radius 3 is 2.38 bits per heavy atom. The van der Waals surface area contributed by atoms with Gasteiger partial charge in [0, 0.05) is 26.4 Å². The third-order valence-corrected chi connectivity index (χ3v) is 3.94. The van der Waals surface area contributed by atoms with Crippen molar-refractivity contribution in [3.05, 3.63) is 6.92 Å². The molecule has 1 radical (unpaired) electrons. The summed E-state index contributed by atoms with van der Waals surface area (Å²) >= 11 is 0. The molecule has 0 N–H and O–H groups in total. The molecule has 2 fully saturated rings. The van der Waals surface area contributed by atoms with Gasteiger partial charge in [0.2, 0.25) is 0 Å². The average molecular weight is 225 g/mol. The first kappa shape index (κ1) is 12.4. The predicted molar refractivity (Wildman–Crippen MR) is 65.2 cm³/mol. The van der Waals surface area contributed by atoms with E-state index in [0.717, 1.165) is 38.3 Å². The first-order valence-electron chi connectivity index (χ1n) is 6.83. The molecule has 2 rings (SSSR count). The van der Waals surface area contributed by atoms with E-state index in [0.29, 0.717) is 5.92 Å². The summed E-state index contributed by atoms with van der Waals surface area (Å²) in [6.45, 7) is 8.20. The fraction of sp³-hybridized carbons (Fsp3) is 0.929. The van der Waals surface area contributed by atoms with Crippen LogP contribution in [0, 0.1) is 24.7 Å². The lowest BCUT2D eigenvalue weighted by Crippen LogP contribution is -2.07. The van der Waals surface area contributed by atoms with Crippen molar-refractivity contribution >= 4 is 0 Å². The van der Waals surface area contributed by atoms with Gasteiger partial charge >= 0.3 is 0 Å². The second-order valence-corrected chi connectivity index (χ2v) is 5.49. The van der Waals surface area contributed by atoms with E-state index in [4.69, 9.17) is 9.47 Å². The molecule has 3 atom stereocenters. The standard InChI is InChI=1S/C14H25O2/c1-12(9-14-6-8-16-11-14)3-2-4-13-5-7-15-10-13/h12-14H,1-11H2. The van der Waals surface area contributed by atoms with E-state index >= 15 is 0 Å². The van der Waals surface area contributed by atoms with E-state index in [2.05, 4.69) is 6.92 Å². The summed E-state index contributed by atoms with van der Waals surface area (Å²) in [5.41, 5.74) is 0. The number of ether oxygens (including phenoxy) is 2. The zero-order valence-electron chi connectivity index (χ0n) is 10.3. The predicted octanol–water partition coefficient (Wildman–Crippen LogP) is 3.07. The third-order valence-electron chi connectivity index (χ3n) is 3.94. The van der Waals surface area contributed by atoms with Crippen LogP contribution < -0.4 is 0 Å². The number of hydrogen-bond donors (Lipinski definition) is 0. The van der Waals surface area contributed by atoms with Crippen LogP contribution in [0.15, 0.2) is 0 Å². The Balaban J connectivity index is 1.51. The summed E-state index contributed by atoms with van der Waals surface area (Å²) in [6, 6.07) is 0. The van der Waals surface area contributed by atoms with Gasteiger partial charge in [0.1, 0.15) is 0 Å². The van der Waals surface area contributed by atoms with Crippen molar-refractivity contribution in [2.24, 2.45) is 17.8 Å². The van der Waals surface area contributed by atoms with Crippen LogP contribution in [0.25, 0.3) is 0 Å². The molecule has 0 amide bonds. The lowest BCUT2D eigenvalue weighted by Gasteiger charge is -2.15. The molecule has 2 aliphatic rings. The van der Waals surface area contributed by atoms with Crippen molar-refractivity contribution in [1.82, 2.24) is 0 Å². The summed E-state index contributed by atoms with van der Waals surface area (Å²) in [6.07, 6.45) is 7.75. The zero-order valence-corrected chi connectivity index (χ0v) is 10.3. The van der Waals surface area contributed by atoms with Crippen LogP contribution in [0.3, 0.4) is 0 Å². The highest BCUT2D eigenvalue weighted by Gasteiger charge is 2.19. The summed E-state index contributed by atoms with van der Waals surface area (Å²) in [5.74, 6) is 2.26. The maximum atomic E-state index is 5.40. The maximum absolute atomic E-state index is 5.40.